The summed E-state index contributed by atoms with van der Waals surface area (Å²) < 4.78 is 39.1. The van der Waals surface area contributed by atoms with Gasteiger partial charge in [0, 0.05) is 11.9 Å². The molecule has 0 saturated heterocycles. The number of aromatic nitrogens is 1. The molecule has 0 unspecified atom stereocenters. The number of rotatable bonds is 2. The van der Waals surface area contributed by atoms with E-state index in [0.717, 1.165) is 24.4 Å². The van der Waals surface area contributed by atoms with Crippen LogP contribution in [0.1, 0.15) is 10.4 Å². The van der Waals surface area contributed by atoms with Crippen LogP contribution >= 0.6 is 11.6 Å². The Hall–Kier alpha value is -2.08. The van der Waals surface area contributed by atoms with Gasteiger partial charge in [0.15, 0.2) is 5.82 Å². The van der Waals surface area contributed by atoms with E-state index in [-0.39, 0.29) is 10.7 Å². The number of carbonyl (C=O) groups is 1. The molecule has 0 radical (unpaired) electrons. The van der Waals surface area contributed by atoms with E-state index in [1.54, 1.807) is 0 Å². The number of nitrogens with one attached hydrogen (secondary N) is 1. The second kappa shape index (κ2) is 5.27. The summed E-state index contributed by atoms with van der Waals surface area (Å²) in [7, 11) is 0. The summed E-state index contributed by atoms with van der Waals surface area (Å²) >= 11 is 5.53. The maximum absolute atomic E-state index is 13.3. The van der Waals surface area contributed by atoms with E-state index in [2.05, 4.69) is 10.3 Å². The first-order valence-corrected chi connectivity index (χ1v) is 5.43. The van der Waals surface area contributed by atoms with Crippen LogP contribution in [-0.2, 0) is 0 Å². The van der Waals surface area contributed by atoms with Gasteiger partial charge in [-0.1, -0.05) is 11.6 Å². The average molecular weight is 287 g/mol. The Labute approximate surface area is 111 Å². The van der Waals surface area contributed by atoms with Crippen molar-refractivity contribution in [3.8, 4) is 0 Å². The maximum atomic E-state index is 13.3. The van der Waals surface area contributed by atoms with Gasteiger partial charge in [0.05, 0.1) is 10.6 Å². The van der Waals surface area contributed by atoms with Crippen LogP contribution in [0.25, 0.3) is 0 Å². The molecular formula is C12H6ClF3N2O. The Balaban J connectivity index is 2.26. The molecule has 0 saturated carbocycles. The third kappa shape index (κ3) is 2.85. The molecule has 0 aliphatic rings. The van der Waals surface area contributed by atoms with E-state index in [0.29, 0.717) is 0 Å². The number of pyridine rings is 1. The number of halogens is 4. The summed E-state index contributed by atoms with van der Waals surface area (Å²) in [5, 5.41) is 2.07. The largest absolute Gasteiger partial charge is 0.322 e. The second-order valence-electron chi connectivity index (χ2n) is 3.55. The average Bonchev–Trinajstić information content (AvgIpc) is 2.37. The van der Waals surface area contributed by atoms with E-state index in [1.807, 2.05) is 0 Å². The number of amides is 1. The topological polar surface area (TPSA) is 42.0 Å². The van der Waals surface area contributed by atoms with Gasteiger partial charge in [-0.05, 0) is 24.3 Å². The first-order valence-electron chi connectivity index (χ1n) is 5.05. The predicted octanol–water partition coefficient (Wildman–Crippen LogP) is 3.40. The smallest absolute Gasteiger partial charge is 0.258 e. The van der Waals surface area contributed by atoms with Gasteiger partial charge < -0.3 is 5.32 Å². The molecule has 2 aromatic rings. The quantitative estimate of drug-likeness (QED) is 0.860. The number of carbonyl (C=O) groups excluding carboxylic acids is 1. The summed E-state index contributed by atoms with van der Waals surface area (Å²) in [6, 6.07) is 4.47. The van der Waals surface area contributed by atoms with Gasteiger partial charge in [-0.25, -0.2) is 13.8 Å². The SMILES string of the molecule is O=C(Nc1ccc(F)c(Cl)c1)c1ccnc(F)c1F. The first-order chi connectivity index (χ1) is 8.99. The highest BCUT2D eigenvalue weighted by Gasteiger charge is 2.16. The Morgan fingerprint density at radius 1 is 1.21 bits per heavy atom. The Bertz CT molecular complexity index is 649. The van der Waals surface area contributed by atoms with Crippen LogP contribution < -0.4 is 5.32 Å². The van der Waals surface area contributed by atoms with Crippen molar-refractivity contribution in [1.82, 2.24) is 4.98 Å². The van der Waals surface area contributed by atoms with Gasteiger partial charge in [-0.3, -0.25) is 4.79 Å². The van der Waals surface area contributed by atoms with Crippen LogP contribution in [0.3, 0.4) is 0 Å². The molecule has 0 fully saturated rings. The predicted molar refractivity (Wildman–Crippen MR) is 63.5 cm³/mol. The fourth-order valence-electron chi connectivity index (χ4n) is 1.37. The first kappa shape index (κ1) is 13.4. The zero-order valence-corrected chi connectivity index (χ0v) is 10.0. The highest BCUT2D eigenvalue weighted by Crippen LogP contribution is 2.20. The van der Waals surface area contributed by atoms with Gasteiger partial charge in [0.2, 0.25) is 5.95 Å². The lowest BCUT2D eigenvalue weighted by Crippen LogP contribution is -2.15. The van der Waals surface area contributed by atoms with Crippen molar-refractivity contribution >= 4 is 23.2 Å². The van der Waals surface area contributed by atoms with Crippen molar-refractivity contribution < 1.29 is 18.0 Å². The molecule has 1 aromatic heterocycles. The van der Waals surface area contributed by atoms with Gasteiger partial charge in [0.1, 0.15) is 5.82 Å². The normalized spacial score (nSPS) is 10.3. The molecule has 2 rings (SSSR count). The van der Waals surface area contributed by atoms with Crippen LogP contribution in [0.4, 0.5) is 18.9 Å². The fraction of sp³-hybridized carbons (Fsp3) is 0. The van der Waals surface area contributed by atoms with E-state index >= 15 is 0 Å². The molecule has 19 heavy (non-hydrogen) atoms. The third-order valence-electron chi connectivity index (χ3n) is 2.27. The fourth-order valence-corrected chi connectivity index (χ4v) is 1.55. The van der Waals surface area contributed by atoms with Crippen molar-refractivity contribution in [2.75, 3.05) is 5.32 Å². The summed E-state index contributed by atoms with van der Waals surface area (Å²) in [5.41, 5.74) is -0.346. The summed E-state index contributed by atoms with van der Waals surface area (Å²) in [6.07, 6.45) is 0.963. The molecule has 3 nitrogen and oxygen atoms in total. The summed E-state index contributed by atoms with van der Waals surface area (Å²) in [4.78, 5) is 14.8. The van der Waals surface area contributed by atoms with Gasteiger partial charge in [0.25, 0.3) is 5.91 Å². The number of hydrogen-bond donors (Lipinski definition) is 1. The molecule has 0 aliphatic heterocycles. The van der Waals surface area contributed by atoms with Crippen molar-refractivity contribution in [2.24, 2.45) is 0 Å². The summed E-state index contributed by atoms with van der Waals surface area (Å²) in [6.45, 7) is 0. The molecule has 1 aromatic carbocycles. The molecule has 0 bridgehead atoms. The van der Waals surface area contributed by atoms with Crippen LogP contribution in [0.15, 0.2) is 30.5 Å². The van der Waals surface area contributed by atoms with Crippen molar-refractivity contribution in [1.29, 1.82) is 0 Å². The van der Waals surface area contributed by atoms with Crippen molar-refractivity contribution in [2.45, 2.75) is 0 Å². The summed E-state index contributed by atoms with van der Waals surface area (Å²) in [5.74, 6) is -4.26. The molecule has 0 spiro atoms. The van der Waals surface area contributed by atoms with Crippen LogP contribution in [0.2, 0.25) is 5.02 Å². The number of benzene rings is 1. The van der Waals surface area contributed by atoms with E-state index in [1.165, 1.54) is 6.07 Å². The Morgan fingerprint density at radius 3 is 2.63 bits per heavy atom. The lowest BCUT2D eigenvalue weighted by atomic mass is 10.2. The molecule has 0 aliphatic carbocycles. The van der Waals surface area contributed by atoms with Crippen LogP contribution in [0, 0.1) is 17.6 Å². The monoisotopic (exact) mass is 286 g/mol. The van der Waals surface area contributed by atoms with Crippen molar-refractivity contribution in [3.63, 3.8) is 0 Å². The maximum Gasteiger partial charge on any atom is 0.258 e. The minimum atomic E-state index is -1.37. The Kier molecular flexibility index (Phi) is 3.71. The van der Waals surface area contributed by atoms with E-state index in [4.69, 9.17) is 11.6 Å². The molecule has 98 valence electrons. The highest BCUT2D eigenvalue weighted by molar-refractivity contribution is 6.31. The third-order valence-corrected chi connectivity index (χ3v) is 2.56. The minimum Gasteiger partial charge on any atom is -0.322 e. The Morgan fingerprint density at radius 2 is 1.95 bits per heavy atom. The minimum absolute atomic E-state index is 0.160. The van der Waals surface area contributed by atoms with Crippen molar-refractivity contribution in [3.05, 3.63) is 58.6 Å². The molecule has 1 heterocycles. The highest BCUT2D eigenvalue weighted by atomic mass is 35.5. The van der Waals surface area contributed by atoms with Crippen LogP contribution in [-0.4, -0.2) is 10.9 Å². The molecular weight excluding hydrogens is 281 g/mol. The zero-order chi connectivity index (χ0) is 14.0. The number of anilines is 1. The zero-order valence-electron chi connectivity index (χ0n) is 9.25. The molecule has 7 heteroatoms. The van der Waals surface area contributed by atoms with E-state index < -0.39 is 29.1 Å². The standard InChI is InChI=1S/C12H6ClF3N2O/c13-8-5-6(1-2-9(8)14)18-12(19)7-3-4-17-11(16)10(7)15/h1-5H,(H,18,19). The number of nitrogens with zero attached hydrogens (tertiary/aromatic N) is 1. The van der Waals surface area contributed by atoms with E-state index in [9.17, 15) is 18.0 Å². The molecule has 1 amide bonds. The lowest BCUT2D eigenvalue weighted by molar-refractivity contribution is 0.102. The van der Waals surface area contributed by atoms with Gasteiger partial charge in [-0.2, -0.15) is 4.39 Å². The second-order valence-corrected chi connectivity index (χ2v) is 3.95. The van der Waals surface area contributed by atoms with Gasteiger partial charge >= 0.3 is 0 Å². The number of hydrogen-bond acceptors (Lipinski definition) is 2. The van der Waals surface area contributed by atoms with Crippen LogP contribution in [0.5, 0.6) is 0 Å². The lowest BCUT2D eigenvalue weighted by Gasteiger charge is -2.06. The molecule has 0 atom stereocenters. The molecule has 1 N–H and O–H groups in total. The van der Waals surface area contributed by atoms with Gasteiger partial charge in [-0.15, -0.1) is 0 Å².